The molecular formula is C15H20BrFN2O. The lowest BCUT2D eigenvalue weighted by Crippen LogP contribution is -2.38. The molecule has 1 aromatic carbocycles. The second kappa shape index (κ2) is 6.68. The van der Waals surface area contributed by atoms with Gasteiger partial charge < -0.3 is 9.80 Å². The Labute approximate surface area is 127 Å². The smallest absolute Gasteiger partial charge is 0.257 e. The predicted octanol–water partition coefficient (Wildman–Crippen LogP) is 3.00. The topological polar surface area (TPSA) is 23.6 Å². The monoisotopic (exact) mass is 342 g/mol. The predicted molar refractivity (Wildman–Crippen MR) is 81.3 cm³/mol. The standard InChI is InChI=1S/C15H20BrFN2O/c1-18-8-6-11(7-9-18)10-19(2)15(20)14-12(16)4-3-5-13(14)17/h3-5,11H,6-10H2,1-2H3. The number of rotatable bonds is 3. The van der Waals surface area contributed by atoms with Gasteiger partial charge in [-0.25, -0.2) is 4.39 Å². The first-order valence-corrected chi connectivity index (χ1v) is 7.66. The summed E-state index contributed by atoms with van der Waals surface area (Å²) >= 11 is 3.25. The van der Waals surface area contributed by atoms with E-state index in [2.05, 4.69) is 27.9 Å². The number of hydrogen-bond donors (Lipinski definition) is 0. The Morgan fingerprint density at radius 1 is 1.45 bits per heavy atom. The molecule has 0 saturated carbocycles. The zero-order valence-electron chi connectivity index (χ0n) is 11.9. The van der Waals surface area contributed by atoms with Crippen molar-refractivity contribution in [3.63, 3.8) is 0 Å². The molecule has 0 unspecified atom stereocenters. The minimum absolute atomic E-state index is 0.128. The maximum atomic E-state index is 13.8. The van der Waals surface area contributed by atoms with Gasteiger partial charge in [-0.3, -0.25) is 4.79 Å². The van der Waals surface area contributed by atoms with Crippen LogP contribution in [0.4, 0.5) is 4.39 Å². The molecule has 2 rings (SSSR count). The van der Waals surface area contributed by atoms with Crippen molar-refractivity contribution in [3.8, 4) is 0 Å². The van der Waals surface area contributed by atoms with E-state index in [4.69, 9.17) is 0 Å². The molecule has 110 valence electrons. The number of benzene rings is 1. The van der Waals surface area contributed by atoms with Gasteiger partial charge in [0.05, 0.1) is 5.56 Å². The van der Waals surface area contributed by atoms with E-state index >= 15 is 0 Å². The van der Waals surface area contributed by atoms with Crippen molar-refractivity contribution in [2.24, 2.45) is 5.92 Å². The van der Waals surface area contributed by atoms with E-state index in [1.807, 2.05) is 0 Å². The van der Waals surface area contributed by atoms with Crippen LogP contribution in [0.15, 0.2) is 22.7 Å². The third kappa shape index (κ3) is 3.58. The van der Waals surface area contributed by atoms with Crippen LogP contribution in [0.2, 0.25) is 0 Å². The van der Waals surface area contributed by atoms with Crippen molar-refractivity contribution < 1.29 is 9.18 Å². The number of piperidine rings is 1. The normalized spacial score (nSPS) is 17.2. The Balaban J connectivity index is 2.02. The summed E-state index contributed by atoms with van der Waals surface area (Å²) < 4.78 is 14.3. The number of carbonyl (C=O) groups excluding carboxylic acids is 1. The Hall–Kier alpha value is -0.940. The molecule has 0 aromatic heterocycles. The number of hydrogen-bond acceptors (Lipinski definition) is 2. The van der Waals surface area contributed by atoms with Crippen LogP contribution in [-0.4, -0.2) is 49.4 Å². The van der Waals surface area contributed by atoms with Crippen LogP contribution >= 0.6 is 15.9 Å². The lowest BCUT2D eigenvalue weighted by atomic mass is 9.96. The lowest BCUT2D eigenvalue weighted by Gasteiger charge is -2.31. The first-order valence-electron chi connectivity index (χ1n) is 6.87. The summed E-state index contributed by atoms with van der Waals surface area (Å²) in [6.45, 7) is 2.82. The van der Waals surface area contributed by atoms with Crippen molar-refractivity contribution in [2.75, 3.05) is 33.7 Å². The highest BCUT2D eigenvalue weighted by atomic mass is 79.9. The molecule has 1 aliphatic heterocycles. The van der Waals surface area contributed by atoms with Gasteiger partial charge in [0, 0.05) is 18.1 Å². The quantitative estimate of drug-likeness (QED) is 0.842. The summed E-state index contributed by atoms with van der Waals surface area (Å²) in [6, 6.07) is 4.61. The summed E-state index contributed by atoms with van der Waals surface area (Å²) in [7, 11) is 3.86. The molecule has 0 N–H and O–H groups in total. The van der Waals surface area contributed by atoms with Crippen molar-refractivity contribution in [1.29, 1.82) is 0 Å². The van der Waals surface area contributed by atoms with Crippen LogP contribution in [0.25, 0.3) is 0 Å². The first kappa shape index (κ1) is 15.4. The van der Waals surface area contributed by atoms with E-state index in [0.29, 0.717) is 16.9 Å². The molecule has 1 saturated heterocycles. The minimum atomic E-state index is -0.473. The molecule has 0 bridgehead atoms. The van der Waals surface area contributed by atoms with Gasteiger partial charge in [-0.2, -0.15) is 0 Å². The Morgan fingerprint density at radius 2 is 2.10 bits per heavy atom. The molecule has 0 radical (unpaired) electrons. The molecule has 5 heteroatoms. The maximum Gasteiger partial charge on any atom is 0.257 e. The maximum absolute atomic E-state index is 13.8. The Bertz CT molecular complexity index is 467. The summed E-state index contributed by atoms with van der Waals surface area (Å²) in [6.07, 6.45) is 2.18. The fraction of sp³-hybridized carbons (Fsp3) is 0.533. The van der Waals surface area contributed by atoms with Gasteiger partial charge in [0.1, 0.15) is 5.82 Å². The summed E-state index contributed by atoms with van der Waals surface area (Å²) in [5.74, 6) is -0.223. The highest BCUT2D eigenvalue weighted by Crippen LogP contribution is 2.23. The van der Waals surface area contributed by atoms with E-state index in [0.717, 1.165) is 25.9 Å². The van der Waals surface area contributed by atoms with Crippen LogP contribution in [0.5, 0.6) is 0 Å². The van der Waals surface area contributed by atoms with Crippen LogP contribution in [0.3, 0.4) is 0 Å². The molecule has 1 heterocycles. The van der Waals surface area contributed by atoms with Crippen LogP contribution in [0, 0.1) is 11.7 Å². The molecule has 3 nitrogen and oxygen atoms in total. The second-order valence-corrected chi connectivity index (χ2v) is 6.38. The van der Waals surface area contributed by atoms with E-state index in [1.54, 1.807) is 24.1 Å². The summed E-state index contributed by atoms with van der Waals surface area (Å²) in [4.78, 5) is 16.3. The molecule has 0 atom stereocenters. The number of nitrogens with zero attached hydrogens (tertiary/aromatic N) is 2. The molecular weight excluding hydrogens is 323 g/mol. The average molecular weight is 343 g/mol. The fourth-order valence-corrected chi connectivity index (χ4v) is 3.12. The van der Waals surface area contributed by atoms with Gasteiger partial charge in [-0.15, -0.1) is 0 Å². The Morgan fingerprint density at radius 3 is 2.70 bits per heavy atom. The lowest BCUT2D eigenvalue weighted by molar-refractivity contribution is 0.0741. The van der Waals surface area contributed by atoms with E-state index in [9.17, 15) is 9.18 Å². The van der Waals surface area contributed by atoms with Crippen LogP contribution in [0.1, 0.15) is 23.2 Å². The van der Waals surface area contributed by atoms with E-state index in [-0.39, 0.29) is 11.5 Å². The van der Waals surface area contributed by atoms with Gasteiger partial charge >= 0.3 is 0 Å². The minimum Gasteiger partial charge on any atom is -0.341 e. The largest absolute Gasteiger partial charge is 0.341 e. The van der Waals surface area contributed by atoms with E-state index < -0.39 is 5.82 Å². The van der Waals surface area contributed by atoms with Crippen molar-refractivity contribution in [1.82, 2.24) is 9.80 Å². The van der Waals surface area contributed by atoms with Crippen molar-refractivity contribution in [3.05, 3.63) is 34.1 Å². The zero-order valence-corrected chi connectivity index (χ0v) is 13.5. The highest BCUT2D eigenvalue weighted by molar-refractivity contribution is 9.10. The number of likely N-dealkylation sites (tertiary alicyclic amines) is 1. The fourth-order valence-electron chi connectivity index (χ4n) is 2.61. The van der Waals surface area contributed by atoms with Crippen molar-refractivity contribution in [2.45, 2.75) is 12.8 Å². The number of amides is 1. The van der Waals surface area contributed by atoms with Crippen molar-refractivity contribution >= 4 is 21.8 Å². The first-order chi connectivity index (χ1) is 9.49. The zero-order chi connectivity index (χ0) is 14.7. The second-order valence-electron chi connectivity index (χ2n) is 5.53. The summed E-state index contributed by atoms with van der Waals surface area (Å²) in [5.41, 5.74) is 0.128. The molecule has 1 aromatic rings. The molecule has 0 aliphatic carbocycles. The van der Waals surface area contributed by atoms with Crippen LogP contribution < -0.4 is 0 Å². The summed E-state index contributed by atoms with van der Waals surface area (Å²) in [5, 5.41) is 0. The molecule has 0 spiro atoms. The third-order valence-electron chi connectivity index (χ3n) is 3.89. The highest BCUT2D eigenvalue weighted by Gasteiger charge is 2.23. The van der Waals surface area contributed by atoms with E-state index in [1.165, 1.54) is 6.07 Å². The molecule has 20 heavy (non-hydrogen) atoms. The SMILES string of the molecule is CN1CCC(CN(C)C(=O)c2c(F)cccc2Br)CC1. The number of halogens is 2. The Kier molecular flexibility index (Phi) is 5.16. The van der Waals surface area contributed by atoms with Gasteiger partial charge in [0.15, 0.2) is 0 Å². The van der Waals surface area contributed by atoms with Gasteiger partial charge in [0.25, 0.3) is 5.91 Å². The average Bonchev–Trinajstić information content (AvgIpc) is 2.41. The van der Waals surface area contributed by atoms with Gasteiger partial charge in [-0.05, 0) is 67.0 Å². The molecule has 1 amide bonds. The van der Waals surface area contributed by atoms with Crippen LogP contribution in [-0.2, 0) is 0 Å². The van der Waals surface area contributed by atoms with Gasteiger partial charge in [0.2, 0.25) is 0 Å². The number of carbonyl (C=O) groups is 1. The molecule has 1 fully saturated rings. The third-order valence-corrected chi connectivity index (χ3v) is 4.55. The van der Waals surface area contributed by atoms with Gasteiger partial charge in [-0.1, -0.05) is 6.07 Å². The molecule has 1 aliphatic rings.